The Hall–Kier alpha value is -3.51. The molecule has 6 heteroatoms. The van der Waals surface area contributed by atoms with Gasteiger partial charge in [0.25, 0.3) is 5.69 Å². The van der Waals surface area contributed by atoms with Crippen LogP contribution in [0.1, 0.15) is 10.5 Å². The van der Waals surface area contributed by atoms with Crippen LogP contribution in [0.15, 0.2) is 85.1 Å². The fraction of sp³-hybridized carbons (Fsp3) is 0. The lowest BCUT2D eigenvalue weighted by molar-refractivity contribution is -0.607. The first-order valence-electron chi connectivity index (χ1n) is 8.33. The minimum Gasteiger partial charge on any atom is -0.618 e. The number of hydrogen-bond donors (Lipinski definition) is 1. The molecular formula is C21H15N3O2S. The zero-order valence-corrected chi connectivity index (χ0v) is 15.0. The molecule has 0 spiro atoms. The number of rotatable bonds is 4. The van der Waals surface area contributed by atoms with E-state index in [-0.39, 0.29) is 5.69 Å². The number of pyridine rings is 1. The summed E-state index contributed by atoms with van der Waals surface area (Å²) in [4.78, 5) is 18.0. The van der Waals surface area contributed by atoms with Crippen molar-refractivity contribution in [3.05, 3.63) is 96.0 Å². The highest BCUT2D eigenvalue weighted by molar-refractivity contribution is 7.19. The molecular weight excluding hydrogens is 358 g/mol. The van der Waals surface area contributed by atoms with Crippen molar-refractivity contribution < 1.29 is 9.52 Å². The van der Waals surface area contributed by atoms with Crippen LogP contribution in [0, 0.1) is 5.21 Å². The van der Waals surface area contributed by atoms with Crippen LogP contribution >= 0.6 is 11.3 Å². The summed E-state index contributed by atoms with van der Waals surface area (Å²) < 4.78 is 0.541. The Labute approximate surface area is 160 Å². The van der Waals surface area contributed by atoms with Gasteiger partial charge >= 0.3 is 5.91 Å². The molecule has 0 bridgehead atoms. The smallest absolute Gasteiger partial charge is 0.323 e. The summed E-state index contributed by atoms with van der Waals surface area (Å²) in [6, 6.07) is 24.4. The van der Waals surface area contributed by atoms with E-state index >= 15 is 0 Å². The molecule has 2 heterocycles. The van der Waals surface area contributed by atoms with Gasteiger partial charge in [0.1, 0.15) is 0 Å². The Morgan fingerprint density at radius 1 is 0.889 bits per heavy atom. The predicted octanol–water partition coefficient (Wildman–Crippen LogP) is 4.36. The third-order valence-corrected chi connectivity index (χ3v) is 5.01. The lowest BCUT2D eigenvalue weighted by atomic mass is 10.1. The van der Waals surface area contributed by atoms with Crippen LogP contribution in [0.2, 0.25) is 0 Å². The van der Waals surface area contributed by atoms with Crippen molar-refractivity contribution in [2.24, 2.45) is 0 Å². The number of hydrogen-bond acceptors (Lipinski definition) is 4. The topological polar surface area (TPSA) is 68.9 Å². The molecule has 4 rings (SSSR count). The molecule has 4 aromatic rings. The standard InChI is InChI=1S/C21H15N3O2S/c25-20(17-13-7-8-14-24(17)26)23-21-22-18(15-9-3-1-4-10-15)19(27-21)16-11-5-2-6-12-16/h1-14H,(H,22,23,25). The van der Waals surface area contributed by atoms with Crippen molar-refractivity contribution in [3.63, 3.8) is 0 Å². The van der Waals surface area contributed by atoms with Crippen LogP contribution in [0.25, 0.3) is 21.7 Å². The molecule has 2 aromatic heterocycles. The number of nitrogens with one attached hydrogen (secondary N) is 1. The first-order chi connectivity index (χ1) is 13.2. The molecule has 2 aromatic carbocycles. The molecule has 0 radical (unpaired) electrons. The molecule has 5 nitrogen and oxygen atoms in total. The summed E-state index contributed by atoms with van der Waals surface area (Å²) in [7, 11) is 0. The molecule has 0 aliphatic heterocycles. The Kier molecular flexibility index (Phi) is 4.63. The van der Waals surface area contributed by atoms with E-state index < -0.39 is 5.91 Å². The Bertz CT molecular complexity index is 1020. The fourth-order valence-corrected chi connectivity index (χ4v) is 3.70. The van der Waals surface area contributed by atoms with E-state index in [1.165, 1.54) is 23.6 Å². The molecule has 0 aliphatic carbocycles. The van der Waals surface area contributed by atoms with Crippen LogP contribution in [0.5, 0.6) is 0 Å². The molecule has 0 fully saturated rings. The minimum atomic E-state index is -0.487. The molecule has 27 heavy (non-hydrogen) atoms. The van der Waals surface area contributed by atoms with Gasteiger partial charge in [0.15, 0.2) is 11.3 Å². The van der Waals surface area contributed by atoms with Gasteiger partial charge in [-0.15, -0.1) is 0 Å². The quantitative estimate of drug-likeness (QED) is 0.427. The van der Waals surface area contributed by atoms with E-state index in [1.54, 1.807) is 12.1 Å². The summed E-state index contributed by atoms with van der Waals surface area (Å²) in [6.45, 7) is 0. The molecule has 1 N–H and O–H groups in total. The fourth-order valence-electron chi connectivity index (χ4n) is 2.72. The van der Waals surface area contributed by atoms with Gasteiger partial charge in [-0.1, -0.05) is 72.0 Å². The van der Waals surface area contributed by atoms with E-state index in [0.29, 0.717) is 9.86 Å². The predicted molar refractivity (Wildman–Crippen MR) is 106 cm³/mol. The van der Waals surface area contributed by atoms with Gasteiger partial charge in [0, 0.05) is 17.7 Å². The Balaban J connectivity index is 1.74. The van der Waals surface area contributed by atoms with Gasteiger partial charge in [-0.3, -0.25) is 10.1 Å². The lowest BCUT2D eigenvalue weighted by Crippen LogP contribution is -2.36. The van der Waals surface area contributed by atoms with Crippen molar-refractivity contribution in [2.75, 3.05) is 5.32 Å². The van der Waals surface area contributed by atoms with Crippen molar-refractivity contribution in [1.29, 1.82) is 0 Å². The summed E-state index contributed by atoms with van der Waals surface area (Å²) >= 11 is 1.38. The van der Waals surface area contributed by atoms with Gasteiger partial charge in [0.05, 0.1) is 10.6 Å². The number of carbonyl (C=O) groups excluding carboxylic acids is 1. The minimum absolute atomic E-state index is 0.0234. The first-order valence-corrected chi connectivity index (χ1v) is 9.15. The SMILES string of the molecule is O=C(Nc1nc(-c2ccccc2)c(-c2ccccc2)s1)c1cccc[n+]1[O-]. The number of nitrogens with zero attached hydrogens (tertiary/aromatic N) is 2. The second kappa shape index (κ2) is 7.39. The molecule has 1 amide bonds. The second-order valence-electron chi connectivity index (χ2n) is 5.79. The number of carbonyl (C=O) groups is 1. The van der Waals surface area contributed by atoms with Gasteiger partial charge in [-0.2, -0.15) is 4.73 Å². The second-order valence-corrected chi connectivity index (χ2v) is 6.79. The van der Waals surface area contributed by atoms with Crippen molar-refractivity contribution in [3.8, 4) is 21.7 Å². The normalized spacial score (nSPS) is 10.5. The van der Waals surface area contributed by atoms with E-state index in [9.17, 15) is 10.0 Å². The van der Waals surface area contributed by atoms with E-state index in [4.69, 9.17) is 0 Å². The average molecular weight is 373 g/mol. The van der Waals surface area contributed by atoms with E-state index in [1.807, 2.05) is 60.7 Å². The van der Waals surface area contributed by atoms with Crippen molar-refractivity contribution >= 4 is 22.4 Å². The molecule has 0 saturated carbocycles. The van der Waals surface area contributed by atoms with Crippen molar-refractivity contribution in [2.45, 2.75) is 0 Å². The molecule has 0 aliphatic rings. The first kappa shape index (κ1) is 16.9. The third kappa shape index (κ3) is 3.56. The highest BCUT2D eigenvalue weighted by atomic mass is 32.1. The van der Waals surface area contributed by atoms with E-state index in [0.717, 1.165) is 21.7 Å². The molecule has 0 saturated heterocycles. The maximum Gasteiger partial charge on any atom is 0.323 e. The van der Waals surface area contributed by atoms with E-state index in [2.05, 4.69) is 10.3 Å². The Morgan fingerprint density at radius 3 is 2.19 bits per heavy atom. The summed E-state index contributed by atoms with van der Waals surface area (Å²) in [6.07, 6.45) is 1.29. The highest BCUT2D eigenvalue weighted by Crippen LogP contribution is 2.38. The van der Waals surface area contributed by atoms with Crippen molar-refractivity contribution in [1.82, 2.24) is 4.98 Å². The van der Waals surface area contributed by atoms with Crippen LogP contribution in [0.4, 0.5) is 5.13 Å². The number of anilines is 1. The summed E-state index contributed by atoms with van der Waals surface area (Å²) in [5.41, 5.74) is 2.81. The molecule has 0 unspecified atom stereocenters. The van der Waals surface area contributed by atoms with Crippen LogP contribution in [0.3, 0.4) is 0 Å². The van der Waals surface area contributed by atoms with Gasteiger partial charge in [-0.05, 0) is 11.6 Å². The van der Waals surface area contributed by atoms with Crippen LogP contribution in [-0.4, -0.2) is 10.9 Å². The zero-order valence-electron chi connectivity index (χ0n) is 14.2. The van der Waals surface area contributed by atoms with Gasteiger partial charge < -0.3 is 5.21 Å². The van der Waals surface area contributed by atoms with Crippen LogP contribution in [-0.2, 0) is 0 Å². The number of aromatic nitrogens is 2. The summed E-state index contributed by atoms with van der Waals surface area (Å²) in [5.74, 6) is -0.487. The van der Waals surface area contributed by atoms with Gasteiger partial charge in [0.2, 0.25) is 0 Å². The zero-order chi connectivity index (χ0) is 18.6. The molecule has 132 valence electrons. The third-order valence-electron chi connectivity index (χ3n) is 3.99. The molecule has 0 atom stereocenters. The maximum absolute atomic E-state index is 12.5. The number of thiazole rings is 1. The monoisotopic (exact) mass is 373 g/mol. The summed E-state index contributed by atoms with van der Waals surface area (Å²) in [5, 5.41) is 15.0. The van der Waals surface area contributed by atoms with Gasteiger partial charge in [-0.25, -0.2) is 4.98 Å². The average Bonchev–Trinajstić information content (AvgIpc) is 3.13. The Morgan fingerprint density at radius 2 is 1.52 bits per heavy atom. The lowest BCUT2D eigenvalue weighted by Gasteiger charge is -2.02. The highest BCUT2D eigenvalue weighted by Gasteiger charge is 2.20. The van der Waals surface area contributed by atoms with Crippen LogP contribution < -0.4 is 10.0 Å². The number of benzene rings is 2. The largest absolute Gasteiger partial charge is 0.618 e. The number of amides is 1. The maximum atomic E-state index is 12.5.